The third-order valence-corrected chi connectivity index (χ3v) is 6.40. The summed E-state index contributed by atoms with van der Waals surface area (Å²) in [4.78, 5) is 30.3. The molecular formula is C25H25F3N6O4. The van der Waals surface area contributed by atoms with Crippen LogP contribution in [0.25, 0.3) is 11.4 Å². The molecule has 2 bridgehead atoms. The Morgan fingerprint density at radius 2 is 2.08 bits per heavy atom. The lowest BCUT2D eigenvalue weighted by atomic mass is 10.1. The summed E-state index contributed by atoms with van der Waals surface area (Å²) >= 11 is 0. The molecule has 0 spiro atoms. The molecule has 2 atom stereocenters. The van der Waals surface area contributed by atoms with Gasteiger partial charge in [-0.1, -0.05) is 12.1 Å². The number of carbonyl (C=O) groups excluding carboxylic acids is 1. The Bertz CT molecular complexity index is 1340. The molecule has 2 aromatic heterocycles. The summed E-state index contributed by atoms with van der Waals surface area (Å²) in [6.07, 6.45) is -3.47. The van der Waals surface area contributed by atoms with E-state index >= 15 is 0 Å². The number of alkyl halides is 3. The van der Waals surface area contributed by atoms with Crippen LogP contribution in [0.15, 0.2) is 42.6 Å². The van der Waals surface area contributed by atoms with Crippen molar-refractivity contribution in [2.75, 3.05) is 41.4 Å². The van der Waals surface area contributed by atoms with Crippen LogP contribution in [-0.2, 0) is 6.18 Å². The van der Waals surface area contributed by atoms with E-state index in [1.807, 2.05) is 0 Å². The predicted octanol–water partition coefficient (Wildman–Crippen LogP) is 3.23. The van der Waals surface area contributed by atoms with Crippen molar-refractivity contribution >= 4 is 23.4 Å². The Balaban J connectivity index is 1.43. The molecule has 2 aliphatic rings. The second-order valence-corrected chi connectivity index (χ2v) is 9.10. The normalized spacial score (nSPS) is 17.3. The van der Waals surface area contributed by atoms with Gasteiger partial charge in [-0.05, 0) is 37.6 Å². The van der Waals surface area contributed by atoms with E-state index in [1.165, 1.54) is 29.3 Å². The Morgan fingerprint density at radius 1 is 1.26 bits per heavy atom. The minimum Gasteiger partial charge on any atom is -0.489 e. The molecule has 0 aliphatic carbocycles. The lowest BCUT2D eigenvalue weighted by molar-refractivity contribution is -0.137. The first kappa shape index (κ1) is 25.7. The molecule has 13 heteroatoms. The van der Waals surface area contributed by atoms with E-state index < -0.39 is 30.5 Å². The minimum atomic E-state index is -4.51. The van der Waals surface area contributed by atoms with Gasteiger partial charge in [-0.15, -0.1) is 0 Å². The lowest BCUT2D eigenvalue weighted by Gasteiger charge is -2.36. The number of benzene rings is 1. The Hall–Kier alpha value is -3.97. The molecule has 1 fully saturated rings. The van der Waals surface area contributed by atoms with Crippen LogP contribution in [0.2, 0.25) is 0 Å². The lowest BCUT2D eigenvalue weighted by Crippen LogP contribution is -2.48. The average Bonchev–Trinajstić information content (AvgIpc) is 3.30. The van der Waals surface area contributed by atoms with E-state index in [0.29, 0.717) is 42.5 Å². The summed E-state index contributed by atoms with van der Waals surface area (Å²) in [5, 5.41) is 21.0. The molecule has 3 N–H and O–H groups in total. The Morgan fingerprint density at radius 3 is 2.79 bits per heavy atom. The first-order valence-corrected chi connectivity index (χ1v) is 11.9. The monoisotopic (exact) mass is 530 g/mol. The average molecular weight is 531 g/mol. The number of halogens is 3. The molecule has 10 nitrogen and oxygen atoms in total. The maximum atomic E-state index is 13.5. The third-order valence-electron chi connectivity index (χ3n) is 6.40. The fourth-order valence-corrected chi connectivity index (χ4v) is 4.60. The van der Waals surface area contributed by atoms with Crippen LogP contribution >= 0.6 is 0 Å². The van der Waals surface area contributed by atoms with Gasteiger partial charge >= 0.3 is 12.2 Å². The summed E-state index contributed by atoms with van der Waals surface area (Å²) in [5.41, 5.74) is 0.619. The summed E-state index contributed by atoms with van der Waals surface area (Å²) in [6.45, 7) is 2.48. The van der Waals surface area contributed by atoms with Crippen molar-refractivity contribution in [3.05, 3.63) is 53.9 Å². The number of nitrogens with zero attached hydrogens (tertiary/aromatic N) is 5. The number of aryl methyl sites for hydroxylation is 1. The van der Waals surface area contributed by atoms with E-state index in [0.717, 1.165) is 12.1 Å². The molecule has 2 aliphatic heterocycles. The smallest absolute Gasteiger partial charge is 0.416 e. The standard InChI is InChI=1S/C25H25F3N6O4/c1-14-21-23(32-22(30-14)15-3-2-4-16(9-15)25(26,27)28)34(17-7-8-33(21)11-17)24(37)31-20-6-5-19(10-29-20)38-13-18(36)12-35/h2-6,9-10,17-18,35-36H,7-8,11-13H2,1H3,(H,29,31,37)/t17-,18?/m0/s1. The molecule has 5 rings (SSSR count). The zero-order chi connectivity index (χ0) is 27.0. The van der Waals surface area contributed by atoms with Crippen molar-refractivity contribution in [1.82, 2.24) is 15.0 Å². The second-order valence-electron chi connectivity index (χ2n) is 9.10. The number of pyridine rings is 1. The zero-order valence-electron chi connectivity index (χ0n) is 20.3. The quantitative estimate of drug-likeness (QED) is 0.444. The molecule has 0 saturated carbocycles. The van der Waals surface area contributed by atoms with E-state index in [9.17, 15) is 23.1 Å². The van der Waals surface area contributed by atoms with Crippen LogP contribution in [0.1, 0.15) is 17.7 Å². The number of urea groups is 1. The second kappa shape index (κ2) is 10.1. The summed E-state index contributed by atoms with van der Waals surface area (Å²) in [7, 11) is 0. The van der Waals surface area contributed by atoms with Gasteiger partial charge in [0.05, 0.1) is 30.1 Å². The number of rotatable bonds is 6. The maximum absolute atomic E-state index is 13.5. The maximum Gasteiger partial charge on any atom is 0.416 e. The van der Waals surface area contributed by atoms with Gasteiger partial charge in [0, 0.05) is 18.7 Å². The van der Waals surface area contributed by atoms with Gasteiger partial charge in [-0.2, -0.15) is 13.2 Å². The summed E-state index contributed by atoms with van der Waals surface area (Å²) in [6, 6.07) is 7.21. The van der Waals surface area contributed by atoms with Crippen molar-refractivity contribution < 1.29 is 32.9 Å². The van der Waals surface area contributed by atoms with Gasteiger partial charge < -0.3 is 19.8 Å². The molecule has 2 amide bonds. The molecule has 1 unspecified atom stereocenters. The highest BCUT2D eigenvalue weighted by molar-refractivity contribution is 6.04. The first-order chi connectivity index (χ1) is 18.1. The van der Waals surface area contributed by atoms with Gasteiger partial charge in [0.25, 0.3) is 0 Å². The van der Waals surface area contributed by atoms with Gasteiger partial charge in [0.15, 0.2) is 11.6 Å². The highest BCUT2D eigenvalue weighted by atomic mass is 19.4. The van der Waals surface area contributed by atoms with Gasteiger partial charge in [-0.3, -0.25) is 10.2 Å². The SMILES string of the molecule is Cc1nc(-c2cccc(C(F)(F)F)c2)nc2c1N1CC[C@@H](C1)N2C(=O)Nc1ccc(OCC(O)CO)cn1. The van der Waals surface area contributed by atoms with E-state index in [2.05, 4.69) is 25.2 Å². The van der Waals surface area contributed by atoms with Crippen LogP contribution in [-0.4, -0.2) is 69.6 Å². The van der Waals surface area contributed by atoms with Crippen LogP contribution < -0.4 is 19.9 Å². The number of hydrogen-bond donors (Lipinski definition) is 3. The highest BCUT2D eigenvalue weighted by Crippen LogP contribution is 2.42. The van der Waals surface area contributed by atoms with Gasteiger partial charge in [-0.25, -0.2) is 19.7 Å². The van der Waals surface area contributed by atoms with E-state index in [4.69, 9.17) is 9.84 Å². The van der Waals surface area contributed by atoms with Gasteiger partial charge in [0.2, 0.25) is 0 Å². The van der Waals surface area contributed by atoms with Crippen molar-refractivity contribution in [1.29, 1.82) is 0 Å². The number of amides is 2. The summed E-state index contributed by atoms with van der Waals surface area (Å²) < 4.78 is 45.2. The topological polar surface area (TPSA) is 124 Å². The number of aromatic nitrogens is 3. The number of fused-ring (bicyclic) bond motifs is 4. The van der Waals surface area contributed by atoms with E-state index in [1.54, 1.807) is 13.0 Å². The van der Waals surface area contributed by atoms with Crippen LogP contribution in [0.5, 0.6) is 5.75 Å². The molecule has 38 heavy (non-hydrogen) atoms. The predicted molar refractivity (Wildman–Crippen MR) is 132 cm³/mol. The van der Waals surface area contributed by atoms with Crippen molar-refractivity contribution in [2.24, 2.45) is 0 Å². The first-order valence-electron chi connectivity index (χ1n) is 11.9. The molecule has 1 aromatic carbocycles. The molecule has 0 radical (unpaired) electrons. The van der Waals surface area contributed by atoms with Crippen LogP contribution in [0.3, 0.4) is 0 Å². The fraction of sp³-hybridized carbons (Fsp3) is 0.360. The highest BCUT2D eigenvalue weighted by Gasteiger charge is 2.42. The van der Waals surface area contributed by atoms with Gasteiger partial charge in [0.1, 0.15) is 30.0 Å². The number of hydrogen-bond acceptors (Lipinski definition) is 8. The summed E-state index contributed by atoms with van der Waals surface area (Å²) in [5.74, 6) is 1.02. The third kappa shape index (κ3) is 5.07. The largest absolute Gasteiger partial charge is 0.489 e. The van der Waals surface area contributed by atoms with E-state index in [-0.39, 0.29) is 29.9 Å². The minimum absolute atomic E-state index is 0.0948. The molecule has 3 aromatic rings. The number of anilines is 3. The number of ether oxygens (including phenoxy) is 1. The molecule has 4 heterocycles. The number of carbonyl (C=O) groups is 1. The number of nitrogens with one attached hydrogen (secondary N) is 1. The van der Waals surface area contributed by atoms with Crippen molar-refractivity contribution in [3.63, 3.8) is 0 Å². The Labute approximate surface area is 215 Å². The molecular weight excluding hydrogens is 505 g/mol. The number of aliphatic hydroxyl groups is 2. The number of aliphatic hydroxyl groups excluding tert-OH is 2. The van der Waals surface area contributed by atoms with Crippen LogP contribution in [0, 0.1) is 6.92 Å². The van der Waals surface area contributed by atoms with Crippen molar-refractivity contribution in [2.45, 2.75) is 31.7 Å². The fourth-order valence-electron chi connectivity index (χ4n) is 4.60. The zero-order valence-corrected chi connectivity index (χ0v) is 20.3. The molecule has 1 saturated heterocycles. The van der Waals surface area contributed by atoms with Crippen molar-refractivity contribution in [3.8, 4) is 17.1 Å². The Kier molecular flexibility index (Phi) is 6.80. The van der Waals surface area contributed by atoms with Crippen LogP contribution in [0.4, 0.5) is 35.3 Å². The molecule has 200 valence electrons.